The number of carboxylic acids is 1. The second kappa shape index (κ2) is 6.86. The molecule has 2 aromatic rings. The highest BCUT2D eigenvalue weighted by Gasteiger charge is 2.37. The molecule has 8 heteroatoms. The standard InChI is InChI=1S/C18H21FN4O3/c1-18(2,11-5-7-12(19)8-6-11)10-14(24)23-9-3-4-13(23)15-16(17(25)26)21-22-20-15/h5-8,13H,3-4,9-10H2,1-2H3,(H,25,26)(H,20,21,22). The number of nitrogens with zero attached hydrogens (tertiary/aromatic N) is 3. The van der Waals surface area contributed by atoms with Crippen molar-refractivity contribution in [1.82, 2.24) is 20.3 Å². The van der Waals surface area contributed by atoms with Crippen molar-refractivity contribution in [1.29, 1.82) is 0 Å². The van der Waals surface area contributed by atoms with Gasteiger partial charge in [-0.05, 0) is 36.0 Å². The lowest BCUT2D eigenvalue weighted by Crippen LogP contribution is -2.35. The second-order valence-electron chi connectivity index (χ2n) is 7.18. The molecular formula is C18H21FN4O3. The minimum absolute atomic E-state index is 0.0823. The van der Waals surface area contributed by atoms with E-state index in [-0.39, 0.29) is 23.8 Å². The van der Waals surface area contributed by atoms with E-state index in [1.54, 1.807) is 17.0 Å². The SMILES string of the molecule is CC(C)(CC(=O)N1CCCC1c1n[nH]nc1C(=O)O)c1ccc(F)cc1. The Morgan fingerprint density at radius 3 is 2.65 bits per heavy atom. The Morgan fingerprint density at radius 1 is 1.31 bits per heavy atom. The predicted octanol–water partition coefficient (Wildman–Crippen LogP) is 2.67. The van der Waals surface area contributed by atoms with Gasteiger partial charge in [0.2, 0.25) is 5.91 Å². The van der Waals surface area contributed by atoms with E-state index in [1.165, 1.54) is 12.1 Å². The smallest absolute Gasteiger partial charge is 0.358 e. The summed E-state index contributed by atoms with van der Waals surface area (Å²) in [6, 6.07) is 5.74. The zero-order chi connectivity index (χ0) is 18.9. The van der Waals surface area contributed by atoms with Crippen LogP contribution in [0.1, 0.15) is 60.9 Å². The van der Waals surface area contributed by atoms with Crippen molar-refractivity contribution in [2.45, 2.75) is 44.6 Å². The molecule has 0 bridgehead atoms. The van der Waals surface area contributed by atoms with Crippen molar-refractivity contribution in [3.05, 3.63) is 47.0 Å². The Kier molecular flexibility index (Phi) is 4.76. The minimum atomic E-state index is -1.17. The first-order valence-electron chi connectivity index (χ1n) is 8.49. The number of amides is 1. The fourth-order valence-electron chi connectivity index (χ4n) is 3.46. The van der Waals surface area contributed by atoms with Crippen LogP contribution in [-0.2, 0) is 10.2 Å². The van der Waals surface area contributed by atoms with Gasteiger partial charge in [0, 0.05) is 13.0 Å². The molecule has 26 heavy (non-hydrogen) atoms. The summed E-state index contributed by atoms with van der Waals surface area (Å²) in [5, 5.41) is 19.2. The Labute approximate surface area is 150 Å². The van der Waals surface area contributed by atoms with E-state index in [4.69, 9.17) is 0 Å². The Bertz CT molecular complexity index is 816. The van der Waals surface area contributed by atoms with Crippen LogP contribution >= 0.6 is 0 Å². The highest BCUT2D eigenvalue weighted by atomic mass is 19.1. The zero-order valence-corrected chi connectivity index (χ0v) is 14.7. The Balaban J connectivity index is 1.79. The number of hydrogen-bond donors (Lipinski definition) is 2. The summed E-state index contributed by atoms with van der Waals surface area (Å²) in [7, 11) is 0. The normalized spacial score (nSPS) is 17.5. The van der Waals surface area contributed by atoms with Gasteiger partial charge in [-0.3, -0.25) is 4.79 Å². The fourth-order valence-corrected chi connectivity index (χ4v) is 3.46. The summed E-state index contributed by atoms with van der Waals surface area (Å²) in [5.41, 5.74) is 0.545. The van der Waals surface area contributed by atoms with Crippen molar-refractivity contribution in [3.8, 4) is 0 Å². The van der Waals surface area contributed by atoms with E-state index in [1.807, 2.05) is 13.8 Å². The number of hydrogen-bond acceptors (Lipinski definition) is 4. The predicted molar refractivity (Wildman–Crippen MR) is 91.1 cm³/mol. The van der Waals surface area contributed by atoms with Crippen molar-refractivity contribution in [2.24, 2.45) is 0 Å². The molecule has 0 saturated carbocycles. The van der Waals surface area contributed by atoms with Crippen LogP contribution in [0.25, 0.3) is 0 Å². The van der Waals surface area contributed by atoms with Crippen LogP contribution in [-0.4, -0.2) is 43.8 Å². The van der Waals surface area contributed by atoms with E-state index in [9.17, 15) is 19.1 Å². The molecule has 7 nitrogen and oxygen atoms in total. The summed E-state index contributed by atoms with van der Waals surface area (Å²) >= 11 is 0. The number of aromatic amines is 1. The number of nitrogens with one attached hydrogen (secondary N) is 1. The number of halogens is 1. The third-order valence-corrected chi connectivity index (χ3v) is 4.89. The van der Waals surface area contributed by atoms with E-state index in [2.05, 4.69) is 15.4 Å². The lowest BCUT2D eigenvalue weighted by Gasteiger charge is -2.30. The monoisotopic (exact) mass is 360 g/mol. The van der Waals surface area contributed by atoms with Gasteiger partial charge >= 0.3 is 5.97 Å². The van der Waals surface area contributed by atoms with E-state index < -0.39 is 17.4 Å². The molecule has 1 aromatic heterocycles. The van der Waals surface area contributed by atoms with Gasteiger partial charge in [0.15, 0.2) is 5.69 Å². The van der Waals surface area contributed by atoms with Crippen LogP contribution in [0.2, 0.25) is 0 Å². The average Bonchev–Trinajstić information content (AvgIpc) is 3.23. The number of benzene rings is 1. The summed E-state index contributed by atoms with van der Waals surface area (Å²) in [4.78, 5) is 25.9. The number of rotatable bonds is 5. The van der Waals surface area contributed by atoms with Crippen LogP contribution in [0.5, 0.6) is 0 Å². The molecule has 2 heterocycles. The van der Waals surface area contributed by atoms with Crippen LogP contribution in [0.15, 0.2) is 24.3 Å². The third kappa shape index (κ3) is 3.44. The number of carboxylic acid groups (broad SMARTS) is 1. The first-order valence-corrected chi connectivity index (χ1v) is 8.49. The number of aromatic nitrogens is 3. The zero-order valence-electron chi connectivity index (χ0n) is 14.7. The van der Waals surface area contributed by atoms with Crippen molar-refractivity contribution >= 4 is 11.9 Å². The van der Waals surface area contributed by atoms with Crippen LogP contribution < -0.4 is 0 Å². The summed E-state index contributed by atoms with van der Waals surface area (Å²) in [6.07, 6.45) is 1.66. The quantitative estimate of drug-likeness (QED) is 0.854. The molecule has 1 aliphatic heterocycles. The highest BCUT2D eigenvalue weighted by Crippen LogP contribution is 2.35. The summed E-state index contributed by atoms with van der Waals surface area (Å²) < 4.78 is 13.2. The van der Waals surface area contributed by atoms with Gasteiger partial charge in [-0.25, -0.2) is 9.18 Å². The summed E-state index contributed by atoms with van der Waals surface area (Å²) in [5.74, 6) is -1.57. The van der Waals surface area contributed by atoms with Crippen LogP contribution in [0.3, 0.4) is 0 Å². The minimum Gasteiger partial charge on any atom is -0.476 e. The van der Waals surface area contributed by atoms with Gasteiger partial charge in [0.25, 0.3) is 0 Å². The molecule has 1 saturated heterocycles. The molecular weight excluding hydrogens is 339 g/mol. The number of aromatic carboxylic acids is 1. The average molecular weight is 360 g/mol. The van der Waals surface area contributed by atoms with Crippen molar-refractivity contribution < 1.29 is 19.1 Å². The molecule has 0 radical (unpaired) electrons. The molecule has 1 aromatic carbocycles. The third-order valence-electron chi connectivity index (χ3n) is 4.89. The molecule has 0 aliphatic carbocycles. The van der Waals surface area contributed by atoms with Gasteiger partial charge in [-0.15, -0.1) is 5.10 Å². The van der Waals surface area contributed by atoms with E-state index in [0.717, 1.165) is 12.0 Å². The van der Waals surface area contributed by atoms with Gasteiger partial charge < -0.3 is 10.0 Å². The first-order chi connectivity index (χ1) is 12.3. The largest absolute Gasteiger partial charge is 0.476 e. The number of likely N-dealkylation sites (tertiary alicyclic amines) is 1. The van der Waals surface area contributed by atoms with E-state index in [0.29, 0.717) is 18.7 Å². The van der Waals surface area contributed by atoms with Crippen LogP contribution in [0.4, 0.5) is 4.39 Å². The Morgan fingerprint density at radius 2 is 2.00 bits per heavy atom. The highest BCUT2D eigenvalue weighted by molar-refractivity contribution is 5.87. The van der Waals surface area contributed by atoms with Crippen molar-refractivity contribution in [2.75, 3.05) is 6.54 Å². The molecule has 138 valence electrons. The van der Waals surface area contributed by atoms with Gasteiger partial charge in [-0.1, -0.05) is 26.0 Å². The fraction of sp³-hybridized carbons (Fsp3) is 0.444. The van der Waals surface area contributed by atoms with Crippen LogP contribution in [0, 0.1) is 5.82 Å². The molecule has 1 fully saturated rings. The maximum Gasteiger partial charge on any atom is 0.358 e. The lowest BCUT2D eigenvalue weighted by atomic mass is 9.81. The molecule has 1 atom stereocenters. The number of H-pyrrole nitrogens is 1. The topological polar surface area (TPSA) is 99.2 Å². The molecule has 1 aliphatic rings. The maximum absolute atomic E-state index is 13.2. The lowest BCUT2D eigenvalue weighted by molar-refractivity contribution is -0.133. The first kappa shape index (κ1) is 18.0. The second-order valence-corrected chi connectivity index (χ2v) is 7.18. The maximum atomic E-state index is 13.2. The van der Waals surface area contributed by atoms with Gasteiger partial charge in [0.05, 0.1) is 6.04 Å². The summed E-state index contributed by atoms with van der Waals surface area (Å²) in [6.45, 7) is 4.42. The molecule has 0 spiro atoms. The molecule has 1 unspecified atom stereocenters. The number of carbonyl (C=O) groups is 2. The Hall–Kier alpha value is -2.77. The number of carbonyl (C=O) groups excluding carboxylic acids is 1. The molecule has 1 amide bonds. The van der Waals surface area contributed by atoms with E-state index >= 15 is 0 Å². The van der Waals surface area contributed by atoms with Crippen molar-refractivity contribution in [3.63, 3.8) is 0 Å². The van der Waals surface area contributed by atoms with Gasteiger partial charge in [-0.2, -0.15) is 10.3 Å². The molecule has 2 N–H and O–H groups in total. The van der Waals surface area contributed by atoms with Gasteiger partial charge in [0.1, 0.15) is 11.5 Å². The molecule has 3 rings (SSSR count).